The fourth-order valence-corrected chi connectivity index (χ4v) is 3.97. The predicted molar refractivity (Wildman–Crippen MR) is 107 cm³/mol. The smallest absolute Gasteiger partial charge is 0.162 e. The minimum absolute atomic E-state index is 0.563. The highest BCUT2D eigenvalue weighted by atomic mass is 35.5. The number of benzene rings is 2. The summed E-state index contributed by atoms with van der Waals surface area (Å²) < 4.78 is 11.4. The second kappa shape index (κ2) is 7.39. The first-order chi connectivity index (χ1) is 12.7. The lowest BCUT2D eigenvalue weighted by molar-refractivity contribution is 0.171. The lowest BCUT2D eigenvalue weighted by atomic mass is 10.00. The fourth-order valence-electron chi connectivity index (χ4n) is 3.42. The van der Waals surface area contributed by atoms with Crippen LogP contribution in [0.5, 0.6) is 11.5 Å². The Morgan fingerprint density at radius 3 is 2.62 bits per heavy atom. The number of H-pyrrole nitrogens is 1. The molecule has 3 N–H and O–H groups in total. The number of halogens is 2. The highest BCUT2D eigenvalue weighted by Gasteiger charge is 2.18. The molecule has 1 aliphatic rings. The van der Waals surface area contributed by atoms with E-state index in [9.17, 15) is 0 Å². The number of ether oxygens (including phenoxy) is 2. The molecule has 0 saturated carbocycles. The quantitative estimate of drug-likeness (QED) is 0.588. The fraction of sp³-hybridized carbons (Fsp3) is 0.300. The second-order valence-corrected chi connectivity index (χ2v) is 7.24. The van der Waals surface area contributed by atoms with Crippen molar-refractivity contribution in [3.05, 3.63) is 45.9 Å². The lowest BCUT2D eigenvalue weighted by Gasteiger charge is -2.19. The van der Waals surface area contributed by atoms with Gasteiger partial charge in [-0.15, -0.1) is 0 Å². The molecule has 0 radical (unpaired) electrons. The van der Waals surface area contributed by atoms with Crippen LogP contribution >= 0.6 is 23.2 Å². The standard InChI is InChI=1S/C20H20Cl2N2O2/c21-13-10-15-14(3-1-2-6-23)19(24-20(15)16(22)11-13)12-4-5-17-18(9-12)26-8-7-25-17/h4-5,9-11,24H,1-3,6-8,23H2. The SMILES string of the molecule is NCCCCc1c(-c2ccc3c(c2)OCCO3)[nH]c2c(Cl)cc(Cl)cc12. The first kappa shape index (κ1) is 17.5. The normalized spacial score (nSPS) is 13.3. The van der Waals surface area contributed by atoms with Crippen molar-refractivity contribution < 1.29 is 9.47 Å². The zero-order valence-electron chi connectivity index (χ0n) is 14.3. The summed E-state index contributed by atoms with van der Waals surface area (Å²) in [7, 11) is 0. The van der Waals surface area contributed by atoms with Crippen LogP contribution in [0.4, 0.5) is 0 Å². The van der Waals surface area contributed by atoms with E-state index in [1.165, 1.54) is 5.56 Å². The topological polar surface area (TPSA) is 60.3 Å². The van der Waals surface area contributed by atoms with Gasteiger partial charge in [0, 0.05) is 21.7 Å². The van der Waals surface area contributed by atoms with Crippen molar-refractivity contribution >= 4 is 34.1 Å². The van der Waals surface area contributed by atoms with Gasteiger partial charge in [-0.3, -0.25) is 0 Å². The Morgan fingerprint density at radius 2 is 1.81 bits per heavy atom. The van der Waals surface area contributed by atoms with Crippen molar-refractivity contribution in [3.63, 3.8) is 0 Å². The summed E-state index contributed by atoms with van der Waals surface area (Å²) in [5.74, 6) is 1.55. The summed E-state index contributed by atoms with van der Waals surface area (Å²) in [4.78, 5) is 3.49. The minimum atomic E-state index is 0.563. The van der Waals surface area contributed by atoms with Crippen LogP contribution in [0.2, 0.25) is 10.0 Å². The van der Waals surface area contributed by atoms with Gasteiger partial charge in [0.25, 0.3) is 0 Å². The Morgan fingerprint density at radius 1 is 1.00 bits per heavy atom. The molecule has 1 aromatic heterocycles. The maximum Gasteiger partial charge on any atom is 0.162 e. The molecule has 26 heavy (non-hydrogen) atoms. The van der Waals surface area contributed by atoms with E-state index in [1.54, 1.807) is 6.07 Å². The Hall–Kier alpha value is -1.88. The van der Waals surface area contributed by atoms with Crippen LogP contribution in [0.15, 0.2) is 30.3 Å². The summed E-state index contributed by atoms with van der Waals surface area (Å²) in [6.07, 6.45) is 2.88. The zero-order valence-corrected chi connectivity index (χ0v) is 15.8. The van der Waals surface area contributed by atoms with Crippen LogP contribution in [-0.2, 0) is 6.42 Å². The van der Waals surface area contributed by atoms with Crippen LogP contribution < -0.4 is 15.2 Å². The molecule has 4 nitrogen and oxygen atoms in total. The lowest BCUT2D eigenvalue weighted by Crippen LogP contribution is -2.15. The maximum atomic E-state index is 6.43. The average molecular weight is 391 g/mol. The van der Waals surface area contributed by atoms with E-state index in [0.29, 0.717) is 29.8 Å². The number of nitrogens with two attached hydrogens (primary N) is 1. The number of unbranched alkanes of at least 4 members (excludes halogenated alkanes) is 1. The number of aryl methyl sites for hydroxylation is 1. The molecule has 2 heterocycles. The molecule has 0 amide bonds. The average Bonchev–Trinajstić information content (AvgIpc) is 3.00. The number of rotatable bonds is 5. The zero-order chi connectivity index (χ0) is 18.1. The highest BCUT2D eigenvalue weighted by Crippen LogP contribution is 2.40. The molecule has 6 heteroatoms. The molecule has 0 spiro atoms. The van der Waals surface area contributed by atoms with Gasteiger partial charge >= 0.3 is 0 Å². The van der Waals surface area contributed by atoms with E-state index in [0.717, 1.165) is 52.9 Å². The molecular weight excluding hydrogens is 371 g/mol. The van der Waals surface area contributed by atoms with Crippen LogP contribution in [0.1, 0.15) is 18.4 Å². The van der Waals surface area contributed by atoms with Gasteiger partial charge in [-0.25, -0.2) is 0 Å². The van der Waals surface area contributed by atoms with E-state index in [-0.39, 0.29) is 0 Å². The number of hydrogen-bond donors (Lipinski definition) is 2. The summed E-state index contributed by atoms with van der Waals surface area (Å²) in [6.45, 7) is 1.83. The van der Waals surface area contributed by atoms with Crippen LogP contribution in [-0.4, -0.2) is 24.7 Å². The first-order valence-electron chi connectivity index (χ1n) is 8.77. The third-order valence-electron chi connectivity index (χ3n) is 4.64. The Kier molecular flexibility index (Phi) is 4.98. The van der Waals surface area contributed by atoms with Crippen LogP contribution in [0.3, 0.4) is 0 Å². The summed E-state index contributed by atoms with van der Waals surface area (Å²) in [5.41, 5.74) is 9.87. The van der Waals surface area contributed by atoms with Gasteiger partial charge in [0.05, 0.1) is 10.5 Å². The van der Waals surface area contributed by atoms with E-state index in [1.807, 2.05) is 24.3 Å². The molecular formula is C20H20Cl2N2O2. The predicted octanol–water partition coefficient (Wildman–Crippen LogP) is 5.19. The molecule has 4 rings (SSSR count). The van der Waals surface area contributed by atoms with Crippen molar-refractivity contribution in [1.82, 2.24) is 4.98 Å². The second-order valence-electron chi connectivity index (χ2n) is 6.39. The van der Waals surface area contributed by atoms with Crippen molar-refractivity contribution in [2.75, 3.05) is 19.8 Å². The van der Waals surface area contributed by atoms with Gasteiger partial charge in [-0.05, 0) is 61.7 Å². The van der Waals surface area contributed by atoms with Crippen molar-refractivity contribution in [3.8, 4) is 22.8 Å². The number of nitrogens with one attached hydrogen (secondary N) is 1. The molecule has 0 fully saturated rings. The maximum absolute atomic E-state index is 6.43. The Balaban J connectivity index is 1.85. The van der Waals surface area contributed by atoms with Gasteiger partial charge in [0.1, 0.15) is 13.2 Å². The molecule has 0 aliphatic carbocycles. The van der Waals surface area contributed by atoms with E-state index < -0.39 is 0 Å². The molecule has 136 valence electrons. The monoisotopic (exact) mass is 390 g/mol. The van der Waals surface area contributed by atoms with Gasteiger partial charge in [0.2, 0.25) is 0 Å². The third-order valence-corrected chi connectivity index (χ3v) is 5.16. The number of fused-ring (bicyclic) bond motifs is 2. The number of aromatic nitrogens is 1. The number of hydrogen-bond acceptors (Lipinski definition) is 3. The minimum Gasteiger partial charge on any atom is -0.486 e. The van der Waals surface area contributed by atoms with Gasteiger partial charge < -0.3 is 20.2 Å². The van der Waals surface area contributed by atoms with E-state index >= 15 is 0 Å². The van der Waals surface area contributed by atoms with Crippen molar-refractivity contribution in [1.29, 1.82) is 0 Å². The summed E-state index contributed by atoms with van der Waals surface area (Å²) in [5, 5.41) is 2.32. The van der Waals surface area contributed by atoms with Crippen LogP contribution in [0, 0.1) is 0 Å². The molecule has 0 atom stereocenters. The van der Waals surface area contributed by atoms with Gasteiger partial charge in [-0.2, -0.15) is 0 Å². The third kappa shape index (κ3) is 3.25. The van der Waals surface area contributed by atoms with E-state index in [4.69, 9.17) is 38.4 Å². The molecule has 1 aliphatic heterocycles. The van der Waals surface area contributed by atoms with Gasteiger partial charge in [0.15, 0.2) is 11.5 Å². The first-order valence-corrected chi connectivity index (χ1v) is 9.52. The largest absolute Gasteiger partial charge is 0.486 e. The Bertz CT molecular complexity index is 953. The highest BCUT2D eigenvalue weighted by molar-refractivity contribution is 6.38. The molecule has 2 aromatic carbocycles. The molecule has 0 bridgehead atoms. The van der Waals surface area contributed by atoms with Crippen molar-refractivity contribution in [2.45, 2.75) is 19.3 Å². The molecule has 0 unspecified atom stereocenters. The Labute approximate surface area is 162 Å². The molecule has 3 aromatic rings. The molecule has 0 saturated heterocycles. The van der Waals surface area contributed by atoms with Gasteiger partial charge in [-0.1, -0.05) is 23.2 Å². The number of aromatic amines is 1. The van der Waals surface area contributed by atoms with E-state index in [2.05, 4.69) is 4.98 Å². The summed E-state index contributed by atoms with van der Waals surface area (Å²) in [6, 6.07) is 9.74. The summed E-state index contributed by atoms with van der Waals surface area (Å²) >= 11 is 12.7. The van der Waals surface area contributed by atoms with Crippen molar-refractivity contribution in [2.24, 2.45) is 5.73 Å². The van der Waals surface area contributed by atoms with Crippen LogP contribution in [0.25, 0.3) is 22.2 Å².